The fourth-order valence-electron chi connectivity index (χ4n) is 2.42. The minimum Gasteiger partial charge on any atom is -0.506 e. The summed E-state index contributed by atoms with van der Waals surface area (Å²) in [5.41, 5.74) is 1.46. The molecule has 0 saturated carbocycles. The van der Waals surface area contributed by atoms with Crippen molar-refractivity contribution in [3.05, 3.63) is 24.0 Å². The Hall–Kier alpha value is -1.09. The van der Waals surface area contributed by atoms with Gasteiger partial charge in [-0.15, -0.1) is 0 Å². The van der Waals surface area contributed by atoms with Gasteiger partial charge in [0.2, 0.25) is 0 Å². The molecule has 0 spiro atoms. The van der Waals surface area contributed by atoms with Crippen molar-refractivity contribution in [1.82, 2.24) is 9.88 Å². The smallest absolute Gasteiger partial charge is 0.133 e. The van der Waals surface area contributed by atoms with E-state index in [1.165, 1.54) is 19.0 Å². The Morgan fingerprint density at radius 1 is 1.44 bits per heavy atom. The van der Waals surface area contributed by atoms with Gasteiger partial charge >= 0.3 is 0 Å². The van der Waals surface area contributed by atoms with Crippen molar-refractivity contribution in [3.63, 3.8) is 0 Å². The van der Waals surface area contributed by atoms with E-state index in [0.717, 1.165) is 25.3 Å². The molecule has 88 valence electrons. The Labute approximate surface area is 97.1 Å². The lowest BCUT2D eigenvalue weighted by molar-refractivity contribution is 0.110. The van der Waals surface area contributed by atoms with E-state index in [1.807, 2.05) is 6.07 Å². The number of rotatable bonds is 2. The molecule has 1 aliphatic rings. The van der Waals surface area contributed by atoms with Gasteiger partial charge in [0, 0.05) is 13.1 Å². The Kier molecular flexibility index (Phi) is 3.15. The molecule has 1 N–H and O–H groups in total. The molecule has 3 heteroatoms. The summed E-state index contributed by atoms with van der Waals surface area (Å²) in [6.07, 6.45) is 4.10. The molecule has 0 radical (unpaired) electrons. The molecule has 0 amide bonds. The number of pyridine rings is 1. The number of aromatic nitrogens is 1. The number of likely N-dealkylation sites (tertiary alicyclic amines) is 1. The highest BCUT2D eigenvalue weighted by molar-refractivity contribution is 5.17. The topological polar surface area (TPSA) is 36.4 Å². The SMILES string of the molecule is CC1(C)CCCN(Cc2ccc(O)cn2)C1. The van der Waals surface area contributed by atoms with Gasteiger partial charge in [0.15, 0.2) is 0 Å². The molecular weight excluding hydrogens is 200 g/mol. The largest absolute Gasteiger partial charge is 0.506 e. The van der Waals surface area contributed by atoms with Crippen molar-refractivity contribution in [2.75, 3.05) is 13.1 Å². The summed E-state index contributed by atoms with van der Waals surface area (Å²) < 4.78 is 0. The van der Waals surface area contributed by atoms with Crippen molar-refractivity contribution < 1.29 is 5.11 Å². The van der Waals surface area contributed by atoms with E-state index in [4.69, 9.17) is 5.11 Å². The van der Waals surface area contributed by atoms with Crippen LogP contribution in [-0.2, 0) is 6.54 Å². The number of nitrogens with zero attached hydrogens (tertiary/aromatic N) is 2. The Morgan fingerprint density at radius 3 is 2.88 bits per heavy atom. The summed E-state index contributed by atoms with van der Waals surface area (Å²) >= 11 is 0. The Bertz CT molecular complexity index is 345. The maximum Gasteiger partial charge on any atom is 0.133 e. The average molecular weight is 220 g/mol. The van der Waals surface area contributed by atoms with E-state index < -0.39 is 0 Å². The lowest BCUT2D eigenvalue weighted by atomic mass is 9.84. The predicted molar refractivity (Wildman–Crippen MR) is 64.2 cm³/mol. The van der Waals surface area contributed by atoms with Crippen LogP contribution in [0, 0.1) is 5.41 Å². The van der Waals surface area contributed by atoms with E-state index in [9.17, 15) is 0 Å². The molecule has 2 rings (SSSR count). The molecule has 0 atom stereocenters. The maximum atomic E-state index is 9.17. The molecule has 1 fully saturated rings. The lowest BCUT2D eigenvalue weighted by Crippen LogP contribution is -2.39. The van der Waals surface area contributed by atoms with Gasteiger partial charge in [0.1, 0.15) is 5.75 Å². The molecule has 1 aromatic rings. The van der Waals surface area contributed by atoms with Crippen LogP contribution in [0.5, 0.6) is 5.75 Å². The first-order valence-corrected chi connectivity index (χ1v) is 5.91. The zero-order valence-electron chi connectivity index (χ0n) is 10.1. The third kappa shape index (κ3) is 2.95. The number of piperidine rings is 1. The predicted octanol–water partition coefficient (Wildman–Crippen LogP) is 2.41. The number of hydrogen-bond acceptors (Lipinski definition) is 3. The molecule has 1 saturated heterocycles. The quantitative estimate of drug-likeness (QED) is 0.831. The van der Waals surface area contributed by atoms with Gasteiger partial charge in [-0.25, -0.2) is 0 Å². The number of aromatic hydroxyl groups is 1. The summed E-state index contributed by atoms with van der Waals surface area (Å²) in [7, 11) is 0. The molecule has 0 unspecified atom stereocenters. The highest BCUT2D eigenvalue weighted by Crippen LogP contribution is 2.28. The van der Waals surface area contributed by atoms with E-state index in [1.54, 1.807) is 6.07 Å². The van der Waals surface area contributed by atoms with Gasteiger partial charge in [-0.05, 0) is 36.9 Å². The molecule has 0 aromatic carbocycles. The van der Waals surface area contributed by atoms with E-state index >= 15 is 0 Å². The lowest BCUT2D eigenvalue weighted by Gasteiger charge is -2.37. The third-order valence-electron chi connectivity index (χ3n) is 3.17. The summed E-state index contributed by atoms with van der Waals surface area (Å²) in [6, 6.07) is 3.61. The van der Waals surface area contributed by atoms with Crippen molar-refractivity contribution >= 4 is 0 Å². The van der Waals surface area contributed by atoms with Crippen LogP contribution in [-0.4, -0.2) is 28.1 Å². The van der Waals surface area contributed by atoms with Crippen molar-refractivity contribution in [1.29, 1.82) is 0 Å². The number of hydrogen-bond donors (Lipinski definition) is 1. The first-order chi connectivity index (χ1) is 7.55. The normalized spacial score (nSPS) is 20.9. The van der Waals surface area contributed by atoms with Gasteiger partial charge < -0.3 is 5.11 Å². The fraction of sp³-hybridized carbons (Fsp3) is 0.615. The van der Waals surface area contributed by atoms with Crippen LogP contribution in [0.1, 0.15) is 32.4 Å². The first kappa shape index (κ1) is 11.4. The molecular formula is C13H20N2O. The van der Waals surface area contributed by atoms with Crippen molar-refractivity contribution in [2.45, 2.75) is 33.2 Å². The highest BCUT2D eigenvalue weighted by Gasteiger charge is 2.26. The Morgan fingerprint density at radius 2 is 2.25 bits per heavy atom. The second-order valence-corrected chi connectivity index (χ2v) is 5.49. The van der Waals surface area contributed by atoms with Crippen molar-refractivity contribution in [3.8, 4) is 5.75 Å². The highest BCUT2D eigenvalue weighted by atomic mass is 16.3. The monoisotopic (exact) mass is 220 g/mol. The minimum atomic E-state index is 0.239. The fourth-order valence-corrected chi connectivity index (χ4v) is 2.42. The zero-order valence-corrected chi connectivity index (χ0v) is 10.1. The third-order valence-corrected chi connectivity index (χ3v) is 3.17. The van der Waals surface area contributed by atoms with E-state index in [-0.39, 0.29) is 5.75 Å². The molecule has 1 aromatic heterocycles. The average Bonchev–Trinajstić information content (AvgIpc) is 2.20. The standard InChI is InChI=1S/C13H20N2O/c1-13(2)6-3-7-15(10-13)9-11-4-5-12(16)8-14-11/h4-5,8,16H,3,6-7,9-10H2,1-2H3. The van der Waals surface area contributed by atoms with Gasteiger partial charge in [-0.2, -0.15) is 0 Å². The van der Waals surface area contributed by atoms with Crippen LogP contribution < -0.4 is 0 Å². The van der Waals surface area contributed by atoms with Gasteiger partial charge in [0.25, 0.3) is 0 Å². The van der Waals surface area contributed by atoms with Crippen molar-refractivity contribution in [2.24, 2.45) is 5.41 Å². The van der Waals surface area contributed by atoms with E-state index in [0.29, 0.717) is 5.41 Å². The van der Waals surface area contributed by atoms with Crippen LogP contribution in [0.3, 0.4) is 0 Å². The summed E-state index contributed by atoms with van der Waals surface area (Å²) in [6.45, 7) is 7.83. The molecule has 3 nitrogen and oxygen atoms in total. The zero-order chi connectivity index (χ0) is 11.6. The molecule has 2 heterocycles. The minimum absolute atomic E-state index is 0.239. The Balaban J connectivity index is 1.97. The summed E-state index contributed by atoms with van der Waals surface area (Å²) in [4.78, 5) is 6.68. The van der Waals surface area contributed by atoms with Crippen LogP contribution in [0.4, 0.5) is 0 Å². The van der Waals surface area contributed by atoms with Gasteiger partial charge in [-0.1, -0.05) is 13.8 Å². The van der Waals surface area contributed by atoms with Gasteiger partial charge in [-0.3, -0.25) is 9.88 Å². The van der Waals surface area contributed by atoms with Crippen LogP contribution in [0.15, 0.2) is 18.3 Å². The molecule has 1 aliphatic heterocycles. The van der Waals surface area contributed by atoms with Crippen LogP contribution in [0.25, 0.3) is 0 Å². The maximum absolute atomic E-state index is 9.17. The second-order valence-electron chi connectivity index (χ2n) is 5.49. The molecule has 16 heavy (non-hydrogen) atoms. The van der Waals surface area contributed by atoms with Crippen LogP contribution in [0.2, 0.25) is 0 Å². The van der Waals surface area contributed by atoms with Crippen LogP contribution >= 0.6 is 0 Å². The molecule has 0 bridgehead atoms. The summed E-state index contributed by atoms with van der Waals surface area (Å²) in [5.74, 6) is 0.239. The second kappa shape index (κ2) is 4.42. The molecule has 0 aliphatic carbocycles. The summed E-state index contributed by atoms with van der Waals surface area (Å²) in [5, 5.41) is 9.17. The van der Waals surface area contributed by atoms with Gasteiger partial charge in [0.05, 0.1) is 11.9 Å². The van der Waals surface area contributed by atoms with E-state index in [2.05, 4.69) is 23.7 Å². The first-order valence-electron chi connectivity index (χ1n) is 5.91.